The average molecular weight is 261 g/mol. The molecule has 2 aliphatic rings. The first kappa shape index (κ1) is 12.9. The van der Waals surface area contributed by atoms with Crippen LogP contribution in [0.3, 0.4) is 0 Å². The number of pyridine rings is 1. The zero-order valence-corrected chi connectivity index (χ0v) is 11.4. The molecule has 0 aromatic carbocycles. The standard InChI is InChI=1S/C15H23N3O/c1-2-4-12(5-3-1)18-13-6-7-14(17-10-13)15-11-16-8-9-19-15/h6-7,10,12,15-16,18H,1-5,8-9,11H2/t15-/m1/s1. The lowest BCUT2D eigenvalue weighted by molar-refractivity contribution is 0.0250. The minimum Gasteiger partial charge on any atom is -0.381 e. The van der Waals surface area contributed by atoms with Crippen molar-refractivity contribution >= 4 is 5.69 Å². The molecule has 4 nitrogen and oxygen atoms in total. The quantitative estimate of drug-likeness (QED) is 0.877. The summed E-state index contributed by atoms with van der Waals surface area (Å²) in [5.74, 6) is 0. The van der Waals surface area contributed by atoms with Gasteiger partial charge in [-0.15, -0.1) is 0 Å². The molecule has 0 amide bonds. The van der Waals surface area contributed by atoms with Crippen LogP contribution in [0.15, 0.2) is 18.3 Å². The summed E-state index contributed by atoms with van der Waals surface area (Å²) in [6.45, 7) is 2.58. The Morgan fingerprint density at radius 1 is 1.21 bits per heavy atom. The number of nitrogens with one attached hydrogen (secondary N) is 2. The van der Waals surface area contributed by atoms with Crippen LogP contribution in [0.2, 0.25) is 0 Å². The molecule has 2 heterocycles. The minimum atomic E-state index is 0.109. The van der Waals surface area contributed by atoms with E-state index in [9.17, 15) is 0 Å². The third kappa shape index (κ3) is 3.45. The second kappa shape index (κ2) is 6.35. The number of nitrogens with zero attached hydrogens (tertiary/aromatic N) is 1. The normalized spacial score (nSPS) is 25.2. The Hall–Kier alpha value is -1.13. The van der Waals surface area contributed by atoms with Crippen molar-refractivity contribution in [3.63, 3.8) is 0 Å². The minimum absolute atomic E-state index is 0.109. The van der Waals surface area contributed by atoms with Crippen LogP contribution in [0.1, 0.15) is 43.9 Å². The van der Waals surface area contributed by atoms with Gasteiger partial charge >= 0.3 is 0 Å². The van der Waals surface area contributed by atoms with Crippen LogP contribution in [-0.4, -0.2) is 30.7 Å². The van der Waals surface area contributed by atoms with Gasteiger partial charge in [-0.3, -0.25) is 4.98 Å². The second-order valence-corrected chi connectivity index (χ2v) is 5.51. The van der Waals surface area contributed by atoms with E-state index in [1.807, 2.05) is 6.20 Å². The van der Waals surface area contributed by atoms with E-state index in [1.54, 1.807) is 0 Å². The molecular weight excluding hydrogens is 238 g/mol. The lowest BCUT2D eigenvalue weighted by Gasteiger charge is -2.25. The first-order valence-electron chi connectivity index (χ1n) is 7.46. The van der Waals surface area contributed by atoms with Crippen LogP contribution in [0, 0.1) is 0 Å². The zero-order chi connectivity index (χ0) is 12.9. The summed E-state index contributed by atoms with van der Waals surface area (Å²) in [6, 6.07) is 4.85. The fourth-order valence-electron chi connectivity index (χ4n) is 2.92. The Morgan fingerprint density at radius 2 is 2.11 bits per heavy atom. The van der Waals surface area contributed by atoms with E-state index in [0.717, 1.165) is 31.1 Å². The van der Waals surface area contributed by atoms with Crippen LogP contribution in [0.25, 0.3) is 0 Å². The molecule has 2 fully saturated rings. The molecule has 4 heteroatoms. The van der Waals surface area contributed by atoms with Crippen molar-refractivity contribution in [1.29, 1.82) is 0 Å². The Balaban J connectivity index is 1.58. The molecule has 0 radical (unpaired) electrons. The highest BCUT2D eigenvalue weighted by atomic mass is 16.5. The van der Waals surface area contributed by atoms with E-state index in [1.165, 1.54) is 32.1 Å². The van der Waals surface area contributed by atoms with Gasteiger partial charge in [0.15, 0.2) is 0 Å². The van der Waals surface area contributed by atoms with Gasteiger partial charge in [-0.25, -0.2) is 0 Å². The summed E-state index contributed by atoms with van der Waals surface area (Å²) in [4.78, 5) is 4.54. The maximum absolute atomic E-state index is 5.71. The van der Waals surface area contributed by atoms with Crippen molar-refractivity contribution in [3.05, 3.63) is 24.0 Å². The number of anilines is 1. The smallest absolute Gasteiger partial charge is 0.112 e. The van der Waals surface area contributed by atoms with E-state index in [0.29, 0.717) is 6.04 Å². The molecule has 1 saturated heterocycles. The van der Waals surface area contributed by atoms with Crippen molar-refractivity contribution in [2.75, 3.05) is 25.0 Å². The lowest BCUT2D eigenvalue weighted by atomic mass is 9.95. The van der Waals surface area contributed by atoms with Crippen molar-refractivity contribution in [2.45, 2.75) is 44.2 Å². The molecule has 1 saturated carbocycles. The van der Waals surface area contributed by atoms with Crippen LogP contribution >= 0.6 is 0 Å². The fourth-order valence-corrected chi connectivity index (χ4v) is 2.92. The van der Waals surface area contributed by atoms with E-state index in [4.69, 9.17) is 4.74 Å². The summed E-state index contributed by atoms with van der Waals surface area (Å²) >= 11 is 0. The third-order valence-corrected chi connectivity index (χ3v) is 4.02. The summed E-state index contributed by atoms with van der Waals surface area (Å²) in [5, 5.41) is 6.93. The molecule has 0 spiro atoms. The summed E-state index contributed by atoms with van der Waals surface area (Å²) in [7, 11) is 0. The molecule has 19 heavy (non-hydrogen) atoms. The summed E-state index contributed by atoms with van der Waals surface area (Å²) in [5.41, 5.74) is 2.17. The van der Waals surface area contributed by atoms with E-state index in [2.05, 4.69) is 27.8 Å². The summed E-state index contributed by atoms with van der Waals surface area (Å²) in [6.07, 6.45) is 8.73. The maximum atomic E-state index is 5.71. The number of ether oxygens (including phenoxy) is 1. The third-order valence-electron chi connectivity index (χ3n) is 4.02. The van der Waals surface area contributed by atoms with Crippen LogP contribution in [0.4, 0.5) is 5.69 Å². The monoisotopic (exact) mass is 261 g/mol. The van der Waals surface area contributed by atoms with Crippen molar-refractivity contribution in [1.82, 2.24) is 10.3 Å². The number of rotatable bonds is 3. The first-order valence-corrected chi connectivity index (χ1v) is 7.46. The molecule has 2 N–H and O–H groups in total. The zero-order valence-electron chi connectivity index (χ0n) is 11.4. The number of aromatic nitrogens is 1. The molecular formula is C15H23N3O. The van der Waals surface area contributed by atoms with Crippen molar-refractivity contribution in [3.8, 4) is 0 Å². The van der Waals surface area contributed by atoms with Gasteiger partial charge in [0.1, 0.15) is 6.10 Å². The van der Waals surface area contributed by atoms with Crippen LogP contribution < -0.4 is 10.6 Å². The molecule has 1 atom stereocenters. The Morgan fingerprint density at radius 3 is 2.79 bits per heavy atom. The van der Waals surface area contributed by atoms with Crippen molar-refractivity contribution in [2.24, 2.45) is 0 Å². The van der Waals surface area contributed by atoms with Gasteiger partial charge in [-0.05, 0) is 25.0 Å². The van der Waals surface area contributed by atoms with Gasteiger partial charge < -0.3 is 15.4 Å². The fraction of sp³-hybridized carbons (Fsp3) is 0.667. The van der Waals surface area contributed by atoms with Gasteiger partial charge in [-0.2, -0.15) is 0 Å². The predicted octanol–water partition coefficient (Wildman–Crippen LogP) is 2.49. The highest BCUT2D eigenvalue weighted by Gasteiger charge is 2.17. The predicted molar refractivity (Wildman–Crippen MR) is 76.3 cm³/mol. The average Bonchev–Trinajstić information content (AvgIpc) is 2.50. The maximum Gasteiger partial charge on any atom is 0.112 e. The SMILES string of the molecule is c1cc([C@H]2CNCCO2)ncc1NC1CCCCC1. The van der Waals surface area contributed by atoms with Gasteiger partial charge in [0.2, 0.25) is 0 Å². The van der Waals surface area contributed by atoms with Gasteiger partial charge in [-0.1, -0.05) is 19.3 Å². The molecule has 104 valence electrons. The van der Waals surface area contributed by atoms with Crippen molar-refractivity contribution < 1.29 is 4.74 Å². The molecule has 1 aliphatic heterocycles. The molecule has 0 bridgehead atoms. The van der Waals surface area contributed by atoms with Crippen LogP contribution in [-0.2, 0) is 4.74 Å². The first-order chi connectivity index (χ1) is 9.42. The number of morpholine rings is 1. The number of hydrogen-bond donors (Lipinski definition) is 2. The lowest BCUT2D eigenvalue weighted by Crippen LogP contribution is -2.33. The van der Waals surface area contributed by atoms with E-state index < -0.39 is 0 Å². The van der Waals surface area contributed by atoms with Gasteiger partial charge in [0.25, 0.3) is 0 Å². The Labute approximate surface area is 115 Å². The van der Waals surface area contributed by atoms with E-state index in [-0.39, 0.29) is 6.10 Å². The van der Waals surface area contributed by atoms with E-state index >= 15 is 0 Å². The molecule has 3 rings (SSSR count). The Kier molecular flexibility index (Phi) is 4.30. The molecule has 1 aromatic rings. The summed E-state index contributed by atoms with van der Waals surface area (Å²) < 4.78 is 5.71. The van der Waals surface area contributed by atoms with Gasteiger partial charge in [0, 0.05) is 19.1 Å². The highest BCUT2D eigenvalue weighted by Crippen LogP contribution is 2.22. The highest BCUT2D eigenvalue weighted by molar-refractivity contribution is 5.42. The number of hydrogen-bond acceptors (Lipinski definition) is 4. The molecule has 1 aliphatic carbocycles. The topological polar surface area (TPSA) is 46.2 Å². The Bertz CT molecular complexity index is 381. The molecule has 1 aromatic heterocycles. The van der Waals surface area contributed by atoms with Gasteiger partial charge in [0.05, 0.1) is 24.2 Å². The molecule has 0 unspecified atom stereocenters. The second-order valence-electron chi connectivity index (χ2n) is 5.51. The van der Waals surface area contributed by atoms with Crippen LogP contribution in [0.5, 0.6) is 0 Å². The largest absolute Gasteiger partial charge is 0.381 e.